The predicted molar refractivity (Wildman–Crippen MR) is 121 cm³/mol. The molecular weight excluding hydrogens is 428 g/mol. The minimum absolute atomic E-state index is 0.0847. The quantitative estimate of drug-likeness (QED) is 0.261. The molecule has 0 bridgehead atoms. The van der Waals surface area contributed by atoms with E-state index in [1.54, 1.807) is 11.5 Å². The van der Waals surface area contributed by atoms with E-state index in [-0.39, 0.29) is 12.2 Å². The van der Waals surface area contributed by atoms with Crippen LogP contribution >= 0.6 is 0 Å². The number of nitrogens with zero attached hydrogens (tertiary/aromatic N) is 3. The van der Waals surface area contributed by atoms with E-state index in [0.717, 1.165) is 48.6 Å². The van der Waals surface area contributed by atoms with Crippen molar-refractivity contribution in [3.8, 4) is 0 Å². The van der Waals surface area contributed by atoms with Gasteiger partial charge in [0.1, 0.15) is 17.3 Å². The summed E-state index contributed by atoms with van der Waals surface area (Å²) in [5.74, 6) is -1.93. The van der Waals surface area contributed by atoms with Gasteiger partial charge in [0.15, 0.2) is 0 Å². The number of hydrogen-bond acceptors (Lipinski definition) is 5. The van der Waals surface area contributed by atoms with Gasteiger partial charge in [0.25, 0.3) is 5.91 Å². The Bertz CT molecular complexity index is 1130. The molecule has 1 aliphatic rings. The molecule has 0 spiro atoms. The second-order valence-corrected chi connectivity index (χ2v) is 8.44. The first-order valence-corrected chi connectivity index (χ1v) is 11.3. The van der Waals surface area contributed by atoms with Crippen LogP contribution in [0.15, 0.2) is 36.7 Å². The van der Waals surface area contributed by atoms with Gasteiger partial charge >= 0.3 is 0 Å². The summed E-state index contributed by atoms with van der Waals surface area (Å²) in [4.78, 5) is 18.5. The molecule has 33 heavy (non-hydrogen) atoms. The molecule has 1 amide bonds. The molecule has 1 aromatic carbocycles. The third-order valence-electron chi connectivity index (χ3n) is 6.42. The van der Waals surface area contributed by atoms with Crippen molar-refractivity contribution < 1.29 is 18.8 Å². The molecule has 3 N–H and O–H groups in total. The van der Waals surface area contributed by atoms with Crippen molar-refractivity contribution >= 4 is 16.8 Å². The molecule has 1 fully saturated rings. The number of hydrogen-bond donors (Lipinski definition) is 3. The average Bonchev–Trinajstić information content (AvgIpc) is 3.41. The van der Waals surface area contributed by atoms with Crippen LogP contribution in [0.25, 0.3) is 10.9 Å². The van der Waals surface area contributed by atoms with Crippen molar-refractivity contribution in [3.05, 3.63) is 65.1 Å². The van der Waals surface area contributed by atoms with E-state index in [0.29, 0.717) is 18.2 Å². The number of amides is 1. The first-order valence-electron chi connectivity index (χ1n) is 11.3. The van der Waals surface area contributed by atoms with Gasteiger partial charge in [-0.05, 0) is 56.6 Å². The Morgan fingerprint density at radius 3 is 2.88 bits per heavy atom. The van der Waals surface area contributed by atoms with E-state index >= 15 is 0 Å². The fourth-order valence-electron chi connectivity index (χ4n) is 4.68. The summed E-state index contributed by atoms with van der Waals surface area (Å²) in [6.07, 6.45) is 6.96. The highest BCUT2D eigenvalue weighted by Crippen LogP contribution is 2.24. The van der Waals surface area contributed by atoms with Gasteiger partial charge in [0.05, 0.1) is 18.3 Å². The van der Waals surface area contributed by atoms with Gasteiger partial charge in [0.2, 0.25) is 0 Å². The smallest absolute Gasteiger partial charge is 0.293 e. The largest absolute Gasteiger partial charge is 0.341 e. The molecular formula is C24H29F2N5O2. The fourth-order valence-corrected chi connectivity index (χ4v) is 4.68. The van der Waals surface area contributed by atoms with Gasteiger partial charge in [-0.1, -0.05) is 13.0 Å². The summed E-state index contributed by atoms with van der Waals surface area (Å²) in [6, 6.07) is 5.75. The number of fused-ring (bicyclic) bond motifs is 1. The number of aromatic nitrogens is 2. The van der Waals surface area contributed by atoms with E-state index in [2.05, 4.69) is 22.1 Å². The Balaban J connectivity index is 1.55. The maximum atomic E-state index is 14.2. The zero-order chi connectivity index (χ0) is 23.4. The first-order chi connectivity index (χ1) is 16.0. The SMILES string of the molecule is CCN1CCCC1CCNCc1cn(Cc2ccc(F)cc2F)c2cnc(C(=O)NO)cc12. The van der Waals surface area contributed by atoms with Crippen molar-refractivity contribution in [2.75, 3.05) is 19.6 Å². The van der Waals surface area contributed by atoms with E-state index in [1.807, 2.05) is 10.8 Å². The molecule has 4 rings (SSSR count). The van der Waals surface area contributed by atoms with Crippen molar-refractivity contribution in [3.63, 3.8) is 0 Å². The van der Waals surface area contributed by atoms with Crippen LogP contribution in [0.3, 0.4) is 0 Å². The van der Waals surface area contributed by atoms with Crippen LogP contribution in [0.1, 0.15) is 47.8 Å². The zero-order valence-electron chi connectivity index (χ0n) is 18.7. The molecule has 0 radical (unpaired) electrons. The Morgan fingerprint density at radius 1 is 1.27 bits per heavy atom. The normalized spacial score (nSPS) is 16.5. The third-order valence-corrected chi connectivity index (χ3v) is 6.42. The summed E-state index contributed by atoms with van der Waals surface area (Å²) in [7, 11) is 0. The van der Waals surface area contributed by atoms with Crippen LogP contribution in [0.4, 0.5) is 8.78 Å². The van der Waals surface area contributed by atoms with Gasteiger partial charge in [-0.15, -0.1) is 0 Å². The van der Waals surface area contributed by atoms with Crippen molar-refractivity contribution in [1.29, 1.82) is 0 Å². The molecule has 0 saturated carbocycles. The molecule has 1 atom stereocenters. The highest BCUT2D eigenvalue weighted by molar-refractivity contribution is 5.96. The predicted octanol–water partition coefficient (Wildman–Crippen LogP) is 3.45. The van der Waals surface area contributed by atoms with Crippen LogP contribution in [-0.2, 0) is 13.1 Å². The fraction of sp³-hybridized carbons (Fsp3) is 0.417. The summed E-state index contributed by atoms with van der Waals surface area (Å²) in [5, 5.41) is 13.2. The number of halogens is 2. The van der Waals surface area contributed by atoms with E-state index < -0.39 is 17.5 Å². The highest BCUT2D eigenvalue weighted by Gasteiger charge is 2.22. The number of pyridine rings is 1. The third kappa shape index (κ3) is 5.21. The lowest BCUT2D eigenvalue weighted by molar-refractivity contribution is 0.0701. The van der Waals surface area contributed by atoms with Gasteiger partial charge in [0, 0.05) is 35.8 Å². The summed E-state index contributed by atoms with van der Waals surface area (Å²) in [5.41, 5.74) is 3.69. The Hall–Kier alpha value is -2.88. The number of carbonyl (C=O) groups excluding carboxylic acids is 1. The Labute approximate surface area is 191 Å². The van der Waals surface area contributed by atoms with Crippen LogP contribution in [0, 0.1) is 11.6 Å². The number of rotatable bonds is 9. The summed E-state index contributed by atoms with van der Waals surface area (Å²) in [6.45, 7) is 6.05. The molecule has 1 saturated heterocycles. The van der Waals surface area contributed by atoms with Crippen molar-refractivity contribution in [2.45, 2.75) is 45.3 Å². The summed E-state index contributed by atoms with van der Waals surface area (Å²) < 4.78 is 29.4. The molecule has 176 valence electrons. The summed E-state index contributed by atoms with van der Waals surface area (Å²) >= 11 is 0. The molecule has 7 nitrogen and oxygen atoms in total. The van der Waals surface area contributed by atoms with E-state index in [1.165, 1.54) is 31.2 Å². The molecule has 1 unspecified atom stereocenters. The minimum atomic E-state index is -0.700. The Kier molecular flexibility index (Phi) is 7.32. The molecule has 3 heterocycles. The van der Waals surface area contributed by atoms with E-state index in [4.69, 9.17) is 5.21 Å². The van der Waals surface area contributed by atoms with Crippen LogP contribution in [0.5, 0.6) is 0 Å². The number of benzene rings is 1. The van der Waals surface area contributed by atoms with Crippen LogP contribution < -0.4 is 10.8 Å². The zero-order valence-corrected chi connectivity index (χ0v) is 18.7. The van der Waals surface area contributed by atoms with Crippen molar-refractivity contribution in [2.24, 2.45) is 0 Å². The number of hydroxylamine groups is 1. The van der Waals surface area contributed by atoms with Gasteiger partial charge < -0.3 is 14.8 Å². The topological polar surface area (TPSA) is 82.4 Å². The van der Waals surface area contributed by atoms with E-state index in [9.17, 15) is 13.6 Å². The second kappa shape index (κ2) is 10.4. The lowest BCUT2D eigenvalue weighted by atomic mass is 10.1. The van der Waals surface area contributed by atoms with Gasteiger partial charge in [-0.25, -0.2) is 19.2 Å². The minimum Gasteiger partial charge on any atom is -0.341 e. The van der Waals surface area contributed by atoms with Gasteiger partial charge in [-0.2, -0.15) is 0 Å². The Morgan fingerprint density at radius 2 is 2.12 bits per heavy atom. The highest BCUT2D eigenvalue weighted by atomic mass is 19.1. The monoisotopic (exact) mass is 457 g/mol. The molecule has 3 aromatic rings. The number of nitrogens with one attached hydrogen (secondary N) is 2. The van der Waals surface area contributed by atoms with Crippen molar-refractivity contribution in [1.82, 2.24) is 25.2 Å². The lowest BCUT2D eigenvalue weighted by Gasteiger charge is -2.22. The second-order valence-electron chi connectivity index (χ2n) is 8.44. The lowest BCUT2D eigenvalue weighted by Crippen LogP contribution is -2.32. The van der Waals surface area contributed by atoms with Crippen LogP contribution in [0.2, 0.25) is 0 Å². The first kappa shape index (κ1) is 23.3. The molecule has 0 aliphatic carbocycles. The average molecular weight is 458 g/mol. The standard InChI is InChI=1S/C24H29F2N5O2/c1-2-30-9-3-4-19(30)7-8-27-12-17-15-31(14-16-5-6-18(25)10-21(16)26)23-13-28-22(11-20(17)23)24(32)29-33/h5-6,10-11,13,15,19,27,33H,2-4,7-9,12,14H2,1H3,(H,29,32). The maximum Gasteiger partial charge on any atom is 0.293 e. The van der Waals surface area contributed by atoms with Crippen LogP contribution in [-0.4, -0.2) is 51.2 Å². The molecule has 9 heteroatoms. The maximum absolute atomic E-state index is 14.2. The van der Waals surface area contributed by atoms with Gasteiger partial charge in [-0.3, -0.25) is 10.0 Å². The molecule has 1 aliphatic heterocycles. The molecule has 2 aromatic heterocycles. The number of likely N-dealkylation sites (tertiary alicyclic amines) is 1. The number of carbonyl (C=O) groups is 1.